The molecule has 1 aromatic carbocycles. The molecule has 0 fully saturated rings. The van der Waals surface area contributed by atoms with E-state index in [0.29, 0.717) is 34.8 Å². The number of rotatable bonds is 3. The van der Waals surface area contributed by atoms with Crippen molar-refractivity contribution in [3.63, 3.8) is 0 Å². The van der Waals surface area contributed by atoms with E-state index >= 15 is 0 Å². The largest absolute Gasteiger partial charge is 0.384 e. The van der Waals surface area contributed by atoms with Gasteiger partial charge in [0.2, 0.25) is 0 Å². The summed E-state index contributed by atoms with van der Waals surface area (Å²) in [6.07, 6.45) is 1.47. The molecule has 22 heavy (non-hydrogen) atoms. The highest BCUT2D eigenvalue weighted by molar-refractivity contribution is 5.97. The summed E-state index contributed by atoms with van der Waals surface area (Å²) in [5.74, 6) is 1.02. The molecule has 0 bridgehead atoms. The fourth-order valence-corrected chi connectivity index (χ4v) is 2.53. The molecule has 0 radical (unpaired) electrons. The van der Waals surface area contributed by atoms with Gasteiger partial charge in [0.05, 0.1) is 11.9 Å². The van der Waals surface area contributed by atoms with Crippen LogP contribution in [0.15, 0.2) is 30.6 Å². The zero-order valence-electron chi connectivity index (χ0n) is 12.5. The summed E-state index contributed by atoms with van der Waals surface area (Å²) >= 11 is 0. The van der Waals surface area contributed by atoms with Crippen LogP contribution in [-0.4, -0.2) is 21.6 Å². The molecule has 3 rings (SSSR count). The zero-order chi connectivity index (χ0) is 15.7. The van der Waals surface area contributed by atoms with Crippen LogP contribution in [0.25, 0.3) is 11.0 Å². The van der Waals surface area contributed by atoms with Crippen molar-refractivity contribution in [3.05, 3.63) is 47.3 Å². The monoisotopic (exact) mass is 292 g/mol. The van der Waals surface area contributed by atoms with Gasteiger partial charge in [-0.25, -0.2) is 9.97 Å². The Morgan fingerprint density at radius 3 is 2.64 bits per heavy atom. The van der Waals surface area contributed by atoms with Crippen molar-refractivity contribution in [2.45, 2.75) is 13.5 Å². The molecule has 2 heterocycles. The maximum atomic E-state index is 9.43. The Hall–Kier alpha value is -3.07. The van der Waals surface area contributed by atoms with Crippen LogP contribution in [0.5, 0.6) is 0 Å². The number of fused-ring (bicyclic) bond motifs is 1. The molecule has 2 aromatic heterocycles. The molecule has 0 aliphatic carbocycles. The number of anilines is 2. The van der Waals surface area contributed by atoms with Crippen molar-refractivity contribution in [3.8, 4) is 6.07 Å². The van der Waals surface area contributed by atoms with Gasteiger partial charge >= 0.3 is 0 Å². The molecule has 0 aliphatic heterocycles. The molecule has 0 saturated heterocycles. The molecule has 6 nitrogen and oxygen atoms in total. The molecule has 3 N–H and O–H groups in total. The summed E-state index contributed by atoms with van der Waals surface area (Å²) in [4.78, 5) is 8.48. The number of aryl methyl sites for hydroxylation is 1. The molecule has 6 heteroatoms. The van der Waals surface area contributed by atoms with Crippen LogP contribution in [0.1, 0.15) is 16.7 Å². The average Bonchev–Trinajstić information content (AvgIpc) is 2.81. The molecule has 0 spiro atoms. The minimum atomic E-state index is 0.409. The van der Waals surface area contributed by atoms with Gasteiger partial charge in [-0.15, -0.1) is 0 Å². The fraction of sp³-hybridized carbons (Fsp3) is 0.188. The highest BCUT2D eigenvalue weighted by atomic mass is 15.1. The summed E-state index contributed by atoms with van der Waals surface area (Å²) in [5.41, 5.74) is 9.54. The van der Waals surface area contributed by atoms with E-state index in [1.807, 2.05) is 23.6 Å². The number of nitriles is 1. The van der Waals surface area contributed by atoms with Crippen molar-refractivity contribution in [1.82, 2.24) is 14.5 Å². The maximum Gasteiger partial charge on any atom is 0.148 e. The van der Waals surface area contributed by atoms with Gasteiger partial charge in [-0.1, -0.05) is 29.8 Å². The van der Waals surface area contributed by atoms with Crippen molar-refractivity contribution in [2.75, 3.05) is 18.1 Å². The lowest BCUT2D eigenvalue weighted by molar-refractivity contribution is 0.833. The zero-order valence-corrected chi connectivity index (χ0v) is 12.5. The van der Waals surface area contributed by atoms with E-state index < -0.39 is 0 Å². The molecule has 0 atom stereocenters. The Bertz CT molecular complexity index is 870. The Kier molecular flexibility index (Phi) is 3.39. The van der Waals surface area contributed by atoms with Crippen molar-refractivity contribution >= 4 is 22.7 Å². The summed E-state index contributed by atoms with van der Waals surface area (Å²) in [6.45, 7) is 2.61. The normalized spacial score (nSPS) is 10.6. The highest BCUT2D eigenvalue weighted by Crippen LogP contribution is 2.31. The van der Waals surface area contributed by atoms with E-state index in [2.05, 4.69) is 33.5 Å². The van der Waals surface area contributed by atoms with Crippen LogP contribution in [-0.2, 0) is 6.54 Å². The maximum absolute atomic E-state index is 9.43. The average molecular weight is 292 g/mol. The van der Waals surface area contributed by atoms with Gasteiger partial charge in [-0.2, -0.15) is 5.26 Å². The van der Waals surface area contributed by atoms with Crippen LogP contribution < -0.4 is 11.1 Å². The summed E-state index contributed by atoms with van der Waals surface area (Å²) in [6, 6.07) is 10.4. The molecule has 110 valence electrons. The van der Waals surface area contributed by atoms with Gasteiger partial charge < -0.3 is 15.6 Å². The molecule has 0 unspecified atom stereocenters. The first-order valence-corrected chi connectivity index (χ1v) is 6.91. The number of benzene rings is 1. The molecular formula is C16H16N6. The highest BCUT2D eigenvalue weighted by Gasteiger charge is 2.19. The third-order valence-corrected chi connectivity index (χ3v) is 3.69. The summed E-state index contributed by atoms with van der Waals surface area (Å²) in [7, 11) is 1.76. The first kappa shape index (κ1) is 13.9. The second kappa shape index (κ2) is 5.37. The van der Waals surface area contributed by atoms with E-state index in [9.17, 15) is 5.26 Å². The van der Waals surface area contributed by atoms with Gasteiger partial charge in [-0.3, -0.25) is 0 Å². The number of nitrogens with two attached hydrogens (primary N) is 1. The minimum Gasteiger partial charge on any atom is -0.384 e. The van der Waals surface area contributed by atoms with E-state index in [1.165, 1.54) is 11.9 Å². The van der Waals surface area contributed by atoms with Crippen LogP contribution in [0, 0.1) is 18.3 Å². The second-order valence-electron chi connectivity index (χ2n) is 5.11. The third kappa shape index (κ3) is 2.13. The number of nitrogen functional groups attached to an aromatic ring is 1. The molecule has 0 amide bonds. The van der Waals surface area contributed by atoms with E-state index in [4.69, 9.17) is 5.73 Å². The number of nitrogens with zero attached hydrogens (tertiary/aromatic N) is 4. The smallest absolute Gasteiger partial charge is 0.148 e. The fourth-order valence-electron chi connectivity index (χ4n) is 2.53. The number of hydrogen-bond acceptors (Lipinski definition) is 5. The van der Waals surface area contributed by atoms with Gasteiger partial charge in [0.15, 0.2) is 0 Å². The third-order valence-electron chi connectivity index (χ3n) is 3.69. The Morgan fingerprint density at radius 2 is 2.00 bits per heavy atom. The Morgan fingerprint density at radius 1 is 1.27 bits per heavy atom. The van der Waals surface area contributed by atoms with Crippen LogP contribution in [0.3, 0.4) is 0 Å². The number of hydrogen-bond donors (Lipinski definition) is 2. The Labute approximate surface area is 128 Å². The minimum absolute atomic E-state index is 0.409. The quantitative estimate of drug-likeness (QED) is 0.772. The van der Waals surface area contributed by atoms with Gasteiger partial charge in [0, 0.05) is 7.05 Å². The van der Waals surface area contributed by atoms with Gasteiger partial charge in [0.25, 0.3) is 0 Å². The van der Waals surface area contributed by atoms with Gasteiger partial charge in [0.1, 0.15) is 35.2 Å². The van der Waals surface area contributed by atoms with E-state index in [0.717, 1.165) is 5.56 Å². The second-order valence-corrected chi connectivity index (χ2v) is 5.11. The van der Waals surface area contributed by atoms with Crippen LogP contribution in [0.2, 0.25) is 0 Å². The van der Waals surface area contributed by atoms with Crippen molar-refractivity contribution in [1.29, 1.82) is 5.26 Å². The lowest BCUT2D eigenvalue weighted by Gasteiger charge is -2.08. The molecular weight excluding hydrogens is 276 g/mol. The standard InChI is InChI=1S/C16H16N6/c1-10-3-5-11(6-4-10)8-22-14(18)12(7-17)13-15(19-2)20-9-21-16(13)22/h3-6,9H,8,18H2,1-2H3,(H,19,20,21). The predicted octanol–water partition coefficient (Wildman–Crippen LogP) is 2.28. The topological polar surface area (TPSA) is 92.6 Å². The predicted molar refractivity (Wildman–Crippen MR) is 86.5 cm³/mol. The lowest BCUT2D eigenvalue weighted by Crippen LogP contribution is -2.05. The van der Waals surface area contributed by atoms with Gasteiger partial charge in [-0.05, 0) is 12.5 Å². The molecule has 0 saturated carbocycles. The summed E-state index contributed by atoms with van der Waals surface area (Å²) < 4.78 is 1.85. The SMILES string of the molecule is CNc1ncnc2c1c(C#N)c(N)n2Cc1ccc(C)cc1. The molecule has 0 aliphatic rings. The van der Waals surface area contributed by atoms with Crippen LogP contribution in [0.4, 0.5) is 11.6 Å². The first-order valence-electron chi connectivity index (χ1n) is 6.91. The Balaban J connectivity index is 2.20. The first-order chi connectivity index (χ1) is 10.7. The van der Waals surface area contributed by atoms with Crippen LogP contribution >= 0.6 is 0 Å². The number of nitrogens with one attached hydrogen (secondary N) is 1. The number of aromatic nitrogens is 3. The van der Waals surface area contributed by atoms with Crippen molar-refractivity contribution in [2.24, 2.45) is 0 Å². The van der Waals surface area contributed by atoms with Crippen molar-refractivity contribution < 1.29 is 0 Å². The summed E-state index contributed by atoms with van der Waals surface area (Å²) in [5, 5.41) is 13.1. The molecule has 3 aromatic rings. The van der Waals surface area contributed by atoms with E-state index in [-0.39, 0.29) is 0 Å². The van der Waals surface area contributed by atoms with E-state index in [1.54, 1.807) is 7.05 Å². The lowest BCUT2D eigenvalue weighted by atomic mass is 10.1.